The molecule has 0 radical (unpaired) electrons. The summed E-state index contributed by atoms with van der Waals surface area (Å²) in [6.45, 7) is 3.12. The summed E-state index contributed by atoms with van der Waals surface area (Å²) in [6.07, 6.45) is 0. The van der Waals surface area contributed by atoms with Crippen molar-refractivity contribution in [3.8, 4) is 5.75 Å². The molecule has 2 N–H and O–H groups in total. The summed E-state index contributed by atoms with van der Waals surface area (Å²) >= 11 is 0. The molecule has 2 aromatic rings. The summed E-state index contributed by atoms with van der Waals surface area (Å²) < 4.78 is 28.5. The quantitative estimate of drug-likeness (QED) is 0.497. The number of nitrogens with zero attached hydrogens (tertiary/aromatic N) is 3. The van der Waals surface area contributed by atoms with Crippen LogP contribution in [0.2, 0.25) is 0 Å². The molecule has 0 unspecified atom stereocenters. The van der Waals surface area contributed by atoms with Crippen molar-refractivity contribution in [2.45, 2.75) is 18.7 Å². The zero-order valence-corrected chi connectivity index (χ0v) is 12.9. The number of nitro groups is 1. The first-order valence-corrected chi connectivity index (χ1v) is 7.62. The lowest BCUT2D eigenvalue weighted by Crippen LogP contribution is -2.15. The van der Waals surface area contributed by atoms with Crippen molar-refractivity contribution < 1.29 is 18.4 Å². The molecule has 1 heterocycles. The number of aryl methyl sites for hydroxylation is 2. The van der Waals surface area contributed by atoms with Gasteiger partial charge in [0.05, 0.1) is 22.0 Å². The molecule has 0 fully saturated rings. The normalized spacial score (nSPS) is 11.4. The van der Waals surface area contributed by atoms with E-state index in [4.69, 9.17) is 0 Å². The van der Waals surface area contributed by atoms with Crippen molar-refractivity contribution in [1.29, 1.82) is 0 Å². The number of nitro benzene ring substituents is 1. The number of benzene rings is 1. The molecule has 0 aliphatic rings. The predicted octanol–water partition coefficient (Wildman–Crippen LogP) is 1.45. The van der Waals surface area contributed by atoms with Crippen molar-refractivity contribution in [3.63, 3.8) is 0 Å². The molecule has 1 aromatic carbocycles. The highest BCUT2D eigenvalue weighted by molar-refractivity contribution is 7.92. The van der Waals surface area contributed by atoms with Gasteiger partial charge >= 0.3 is 0 Å². The van der Waals surface area contributed by atoms with E-state index in [2.05, 4.69) is 9.82 Å². The Kier molecular flexibility index (Phi) is 3.79. The second kappa shape index (κ2) is 5.30. The molecular weight excluding hydrogens is 312 g/mol. The van der Waals surface area contributed by atoms with Crippen LogP contribution in [0.25, 0.3) is 0 Å². The number of nitrogens with one attached hydrogen (secondary N) is 1. The van der Waals surface area contributed by atoms with Crippen LogP contribution in [-0.4, -0.2) is 28.2 Å². The molecule has 0 aliphatic carbocycles. The van der Waals surface area contributed by atoms with Crippen LogP contribution in [-0.2, 0) is 17.1 Å². The molecule has 0 bridgehead atoms. The van der Waals surface area contributed by atoms with Crippen molar-refractivity contribution in [3.05, 3.63) is 39.7 Å². The summed E-state index contributed by atoms with van der Waals surface area (Å²) in [7, 11) is -2.43. The Balaban J connectivity index is 2.49. The third kappa shape index (κ3) is 2.72. The number of phenolic OH excluding ortho intramolecular Hbond substituents is 1. The van der Waals surface area contributed by atoms with E-state index in [9.17, 15) is 23.6 Å². The molecule has 1 aromatic heterocycles. The van der Waals surface area contributed by atoms with Crippen LogP contribution in [0.4, 0.5) is 11.4 Å². The van der Waals surface area contributed by atoms with E-state index >= 15 is 0 Å². The maximum atomic E-state index is 12.4. The Hall–Kier alpha value is -2.62. The lowest BCUT2D eigenvalue weighted by molar-refractivity contribution is -0.384. The van der Waals surface area contributed by atoms with E-state index < -0.39 is 20.7 Å². The maximum Gasteiger partial charge on any atom is 0.271 e. The lowest BCUT2D eigenvalue weighted by atomic mass is 10.2. The monoisotopic (exact) mass is 326 g/mol. The van der Waals surface area contributed by atoms with E-state index in [-0.39, 0.29) is 22.0 Å². The Morgan fingerprint density at radius 3 is 2.50 bits per heavy atom. The van der Waals surface area contributed by atoms with Crippen LogP contribution in [0.5, 0.6) is 5.75 Å². The maximum absolute atomic E-state index is 12.4. The number of non-ortho nitro benzene ring substituents is 1. The Labute approximate surface area is 126 Å². The third-order valence-corrected chi connectivity index (χ3v) is 4.76. The van der Waals surface area contributed by atoms with E-state index in [0.29, 0.717) is 5.69 Å². The fourth-order valence-corrected chi connectivity index (χ4v) is 3.56. The molecular formula is C12H14N4O5S. The van der Waals surface area contributed by atoms with Gasteiger partial charge in [0.1, 0.15) is 10.6 Å². The van der Waals surface area contributed by atoms with Gasteiger partial charge in [-0.05, 0) is 19.9 Å². The highest BCUT2D eigenvalue weighted by Crippen LogP contribution is 2.31. The van der Waals surface area contributed by atoms with Crippen molar-refractivity contribution in [2.24, 2.45) is 7.05 Å². The Bertz CT molecular complexity index is 857. The molecule has 0 aliphatic heterocycles. The summed E-state index contributed by atoms with van der Waals surface area (Å²) in [5.41, 5.74) is 0.0966. The van der Waals surface area contributed by atoms with Crippen molar-refractivity contribution in [2.75, 3.05) is 4.72 Å². The highest BCUT2D eigenvalue weighted by Gasteiger charge is 2.25. The SMILES string of the molecule is Cc1nn(C)c(C)c1S(=O)(=O)Nc1cc([N+](=O)[O-])ccc1O. The summed E-state index contributed by atoms with van der Waals surface area (Å²) in [6, 6.07) is 3.08. The van der Waals surface area contributed by atoms with Gasteiger partial charge < -0.3 is 5.11 Å². The Morgan fingerprint density at radius 2 is 2.00 bits per heavy atom. The van der Waals surface area contributed by atoms with E-state index in [1.807, 2.05) is 0 Å². The van der Waals surface area contributed by atoms with Gasteiger partial charge in [-0.3, -0.25) is 19.5 Å². The highest BCUT2D eigenvalue weighted by atomic mass is 32.2. The first-order chi connectivity index (χ1) is 10.1. The topological polar surface area (TPSA) is 127 Å². The fraction of sp³-hybridized carbons (Fsp3) is 0.250. The van der Waals surface area contributed by atoms with Crippen molar-refractivity contribution in [1.82, 2.24) is 9.78 Å². The van der Waals surface area contributed by atoms with E-state index in [1.54, 1.807) is 14.0 Å². The molecule has 0 saturated carbocycles. The van der Waals surface area contributed by atoms with Crippen LogP contribution in [0.15, 0.2) is 23.1 Å². The largest absolute Gasteiger partial charge is 0.506 e. The second-order valence-corrected chi connectivity index (χ2v) is 6.31. The molecule has 10 heteroatoms. The lowest BCUT2D eigenvalue weighted by Gasteiger charge is -2.09. The van der Waals surface area contributed by atoms with Gasteiger partial charge in [-0.1, -0.05) is 0 Å². The van der Waals surface area contributed by atoms with E-state index in [0.717, 1.165) is 18.2 Å². The van der Waals surface area contributed by atoms with Crippen LogP contribution in [0.3, 0.4) is 0 Å². The standard InChI is InChI=1S/C12H14N4O5S/c1-7-12(8(2)15(3)13-7)22(20,21)14-10-6-9(16(18)19)4-5-11(10)17/h4-6,14,17H,1-3H3. The number of aromatic nitrogens is 2. The number of aromatic hydroxyl groups is 1. The molecule has 0 saturated heterocycles. The summed E-state index contributed by atoms with van der Waals surface area (Å²) in [5.74, 6) is -0.409. The van der Waals surface area contributed by atoms with Crippen LogP contribution in [0, 0.1) is 24.0 Å². The van der Waals surface area contributed by atoms with E-state index in [1.165, 1.54) is 11.6 Å². The second-order valence-electron chi connectivity index (χ2n) is 4.69. The summed E-state index contributed by atoms with van der Waals surface area (Å²) in [5, 5.41) is 24.5. The molecule has 22 heavy (non-hydrogen) atoms. The van der Waals surface area contributed by atoms with Gasteiger partial charge in [0.2, 0.25) is 0 Å². The number of phenols is 1. The van der Waals surface area contributed by atoms with Crippen LogP contribution < -0.4 is 4.72 Å². The molecule has 2 rings (SSSR count). The predicted molar refractivity (Wildman–Crippen MR) is 78.3 cm³/mol. The average molecular weight is 326 g/mol. The number of sulfonamides is 1. The van der Waals surface area contributed by atoms with Gasteiger partial charge in [0, 0.05) is 19.2 Å². The van der Waals surface area contributed by atoms with Crippen LogP contribution in [0.1, 0.15) is 11.4 Å². The van der Waals surface area contributed by atoms with Gasteiger partial charge in [-0.2, -0.15) is 5.10 Å². The molecule has 118 valence electrons. The third-order valence-electron chi connectivity index (χ3n) is 3.15. The molecule has 0 amide bonds. The smallest absolute Gasteiger partial charge is 0.271 e. The number of hydrogen-bond acceptors (Lipinski definition) is 6. The molecule has 0 atom stereocenters. The minimum absolute atomic E-state index is 0.0269. The van der Waals surface area contributed by atoms with Gasteiger partial charge in [0.15, 0.2) is 0 Å². The van der Waals surface area contributed by atoms with Gasteiger partial charge in [-0.25, -0.2) is 8.42 Å². The first-order valence-electron chi connectivity index (χ1n) is 6.14. The minimum atomic E-state index is -4.03. The molecule has 0 spiro atoms. The number of hydrogen-bond donors (Lipinski definition) is 2. The zero-order chi connectivity index (χ0) is 16.7. The number of rotatable bonds is 4. The van der Waals surface area contributed by atoms with Gasteiger partial charge in [0.25, 0.3) is 15.7 Å². The molecule has 9 nitrogen and oxygen atoms in total. The fourth-order valence-electron chi connectivity index (χ4n) is 2.06. The van der Waals surface area contributed by atoms with Crippen molar-refractivity contribution >= 4 is 21.4 Å². The Morgan fingerprint density at radius 1 is 1.36 bits per heavy atom. The van der Waals surface area contributed by atoms with Crippen LogP contribution >= 0.6 is 0 Å². The number of anilines is 1. The van der Waals surface area contributed by atoms with Gasteiger partial charge in [-0.15, -0.1) is 0 Å². The first kappa shape index (κ1) is 15.8. The zero-order valence-electron chi connectivity index (χ0n) is 12.1. The summed E-state index contributed by atoms with van der Waals surface area (Å²) in [4.78, 5) is 10.0. The average Bonchev–Trinajstić information content (AvgIpc) is 2.65. The minimum Gasteiger partial charge on any atom is -0.506 e.